The van der Waals surface area contributed by atoms with Gasteiger partial charge in [-0.1, -0.05) is 12.0 Å². The van der Waals surface area contributed by atoms with E-state index < -0.39 is 0 Å². The Balaban J connectivity index is 1.84. The van der Waals surface area contributed by atoms with Crippen molar-refractivity contribution in [2.45, 2.75) is 26.9 Å². The van der Waals surface area contributed by atoms with Crippen molar-refractivity contribution < 1.29 is 4.42 Å². The molecule has 92 valence electrons. The van der Waals surface area contributed by atoms with Gasteiger partial charge in [-0.2, -0.15) is 0 Å². The smallest absolute Gasteiger partial charge is 0.315 e. The summed E-state index contributed by atoms with van der Waals surface area (Å²) in [6.07, 6.45) is 0. The number of thiazole rings is 1. The molecule has 0 saturated carbocycles. The summed E-state index contributed by atoms with van der Waals surface area (Å²) in [5.41, 5.74) is 0.985. The maximum atomic E-state index is 5.39. The van der Waals surface area contributed by atoms with Crippen molar-refractivity contribution >= 4 is 17.4 Å². The van der Waals surface area contributed by atoms with E-state index in [4.69, 9.17) is 4.42 Å². The number of aromatic nitrogens is 3. The number of hydrogen-bond donors (Lipinski definition) is 2. The second-order valence-electron chi connectivity index (χ2n) is 3.49. The Labute approximate surface area is 103 Å². The van der Waals surface area contributed by atoms with Gasteiger partial charge in [0.1, 0.15) is 0 Å². The summed E-state index contributed by atoms with van der Waals surface area (Å²) in [6, 6.07) is 0.434. The van der Waals surface area contributed by atoms with Crippen molar-refractivity contribution in [3.63, 3.8) is 0 Å². The van der Waals surface area contributed by atoms with E-state index in [0.29, 0.717) is 25.0 Å². The van der Waals surface area contributed by atoms with Crippen molar-refractivity contribution in [1.29, 1.82) is 0 Å². The van der Waals surface area contributed by atoms with Crippen molar-refractivity contribution in [1.82, 2.24) is 20.5 Å². The molecule has 0 saturated heterocycles. The molecule has 7 heteroatoms. The first-order valence-electron chi connectivity index (χ1n) is 5.46. The van der Waals surface area contributed by atoms with Crippen LogP contribution in [0.3, 0.4) is 0 Å². The molecule has 0 aromatic carbocycles. The van der Waals surface area contributed by atoms with Crippen LogP contribution in [0.5, 0.6) is 0 Å². The highest BCUT2D eigenvalue weighted by molar-refractivity contribution is 7.09. The van der Waals surface area contributed by atoms with Crippen LogP contribution in [0.1, 0.15) is 23.5 Å². The van der Waals surface area contributed by atoms with Gasteiger partial charge in [0.25, 0.3) is 0 Å². The van der Waals surface area contributed by atoms with Gasteiger partial charge in [-0.15, -0.1) is 16.4 Å². The summed E-state index contributed by atoms with van der Waals surface area (Å²) >= 11 is 1.63. The zero-order valence-electron chi connectivity index (χ0n) is 9.86. The van der Waals surface area contributed by atoms with E-state index in [2.05, 4.69) is 25.8 Å². The molecule has 2 rings (SSSR count). The molecule has 0 radical (unpaired) electrons. The number of aryl methyl sites for hydroxylation is 1. The molecular weight excluding hydrogens is 238 g/mol. The van der Waals surface area contributed by atoms with Crippen LogP contribution in [0.4, 0.5) is 6.01 Å². The lowest BCUT2D eigenvalue weighted by Gasteiger charge is -1.97. The molecule has 2 aromatic rings. The van der Waals surface area contributed by atoms with Crippen LogP contribution in [0.2, 0.25) is 0 Å². The number of anilines is 1. The molecule has 17 heavy (non-hydrogen) atoms. The predicted octanol–water partition coefficient (Wildman–Crippen LogP) is 1.56. The van der Waals surface area contributed by atoms with Crippen molar-refractivity contribution in [3.05, 3.63) is 22.0 Å². The molecule has 0 amide bonds. The minimum Gasteiger partial charge on any atom is -0.407 e. The van der Waals surface area contributed by atoms with Gasteiger partial charge >= 0.3 is 6.01 Å². The van der Waals surface area contributed by atoms with E-state index >= 15 is 0 Å². The molecular formula is C10H15N5OS. The number of hydrogen-bond acceptors (Lipinski definition) is 7. The lowest BCUT2D eigenvalue weighted by atomic mass is 10.5. The van der Waals surface area contributed by atoms with Crippen LogP contribution in [-0.2, 0) is 13.1 Å². The molecule has 0 aliphatic carbocycles. The Morgan fingerprint density at radius 1 is 1.35 bits per heavy atom. The molecule has 0 unspecified atom stereocenters. The Bertz CT molecular complexity index is 467. The average Bonchev–Trinajstić information content (AvgIpc) is 2.93. The van der Waals surface area contributed by atoms with Gasteiger partial charge in [0.15, 0.2) is 0 Å². The van der Waals surface area contributed by atoms with E-state index in [9.17, 15) is 0 Å². The fraction of sp³-hybridized carbons (Fsp3) is 0.500. The topological polar surface area (TPSA) is 75.9 Å². The summed E-state index contributed by atoms with van der Waals surface area (Å²) in [7, 11) is 0. The third-order valence-electron chi connectivity index (χ3n) is 2.08. The van der Waals surface area contributed by atoms with Crippen molar-refractivity contribution in [2.75, 3.05) is 11.9 Å². The predicted molar refractivity (Wildman–Crippen MR) is 65.9 cm³/mol. The van der Waals surface area contributed by atoms with Crippen LogP contribution in [0.15, 0.2) is 9.80 Å². The Morgan fingerprint density at radius 2 is 2.24 bits per heavy atom. The molecule has 0 aliphatic rings. The van der Waals surface area contributed by atoms with Crippen molar-refractivity contribution in [3.8, 4) is 0 Å². The minimum atomic E-state index is 0.434. The SMILES string of the molecule is CCNCc1nnc(NCc2csc(C)n2)o1. The first-order valence-corrected chi connectivity index (χ1v) is 6.34. The molecule has 0 aliphatic heterocycles. The average molecular weight is 253 g/mol. The molecule has 0 fully saturated rings. The number of nitrogens with one attached hydrogen (secondary N) is 2. The summed E-state index contributed by atoms with van der Waals surface area (Å²) in [5, 5.41) is 17.0. The van der Waals surface area contributed by atoms with Crippen LogP contribution in [0.25, 0.3) is 0 Å². The maximum absolute atomic E-state index is 5.39. The van der Waals surface area contributed by atoms with Gasteiger partial charge in [-0.05, 0) is 13.5 Å². The molecule has 2 aromatic heterocycles. The Hall–Kier alpha value is -1.47. The van der Waals surface area contributed by atoms with Gasteiger partial charge in [0, 0.05) is 5.38 Å². The molecule has 2 N–H and O–H groups in total. The van der Waals surface area contributed by atoms with Crippen LogP contribution in [-0.4, -0.2) is 21.7 Å². The summed E-state index contributed by atoms with van der Waals surface area (Å²) in [4.78, 5) is 4.34. The lowest BCUT2D eigenvalue weighted by Crippen LogP contribution is -2.11. The maximum Gasteiger partial charge on any atom is 0.315 e. The highest BCUT2D eigenvalue weighted by Crippen LogP contribution is 2.11. The van der Waals surface area contributed by atoms with Crippen LogP contribution >= 0.6 is 11.3 Å². The van der Waals surface area contributed by atoms with Crippen LogP contribution < -0.4 is 10.6 Å². The van der Waals surface area contributed by atoms with Gasteiger partial charge < -0.3 is 15.1 Å². The number of nitrogens with zero attached hydrogens (tertiary/aromatic N) is 3. The molecule has 2 heterocycles. The first-order chi connectivity index (χ1) is 8.28. The molecule has 6 nitrogen and oxygen atoms in total. The van der Waals surface area contributed by atoms with Crippen molar-refractivity contribution in [2.24, 2.45) is 0 Å². The third-order valence-corrected chi connectivity index (χ3v) is 2.90. The molecule has 0 bridgehead atoms. The standard InChI is InChI=1S/C10H15N5OS/c1-3-11-5-9-14-15-10(16-9)12-4-8-6-17-7(2)13-8/h6,11H,3-5H2,1-2H3,(H,12,15). The lowest BCUT2D eigenvalue weighted by molar-refractivity contribution is 0.481. The summed E-state index contributed by atoms with van der Waals surface area (Å²) in [5.74, 6) is 0.587. The van der Waals surface area contributed by atoms with E-state index in [1.54, 1.807) is 11.3 Å². The van der Waals surface area contributed by atoms with Gasteiger partial charge in [0.2, 0.25) is 5.89 Å². The summed E-state index contributed by atoms with van der Waals surface area (Å²) in [6.45, 7) is 6.09. The summed E-state index contributed by atoms with van der Waals surface area (Å²) < 4.78 is 5.39. The van der Waals surface area contributed by atoms with E-state index in [1.807, 2.05) is 19.2 Å². The Kier molecular flexibility index (Phi) is 4.05. The van der Waals surface area contributed by atoms with Gasteiger partial charge in [0.05, 0.1) is 23.8 Å². The van der Waals surface area contributed by atoms with Gasteiger partial charge in [-0.25, -0.2) is 4.98 Å². The monoisotopic (exact) mass is 253 g/mol. The quantitative estimate of drug-likeness (QED) is 0.813. The highest BCUT2D eigenvalue weighted by atomic mass is 32.1. The Morgan fingerprint density at radius 3 is 2.94 bits per heavy atom. The normalized spacial score (nSPS) is 10.7. The van der Waals surface area contributed by atoms with E-state index in [0.717, 1.165) is 17.2 Å². The molecule has 0 spiro atoms. The van der Waals surface area contributed by atoms with E-state index in [-0.39, 0.29) is 0 Å². The fourth-order valence-electron chi connectivity index (χ4n) is 1.28. The zero-order valence-corrected chi connectivity index (χ0v) is 10.7. The van der Waals surface area contributed by atoms with Crippen LogP contribution in [0, 0.1) is 6.92 Å². The second kappa shape index (κ2) is 5.74. The largest absolute Gasteiger partial charge is 0.407 e. The second-order valence-corrected chi connectivity index (χ2v) is 4.55. The highest BCUT2D eigenvalue weighted by Gasteiger charge is 2.05. The van der Waals surface area contributed by atoms with E-state index in [1.165, 1.54) is 0 Å². The number of rotatable bonds is 6. The molecule has 0 atom stereocenters. The fourth-order valence-corrected chi connectivity index (χ4v) is 1.90. The van der Waals surface area contributed by atoms with Gasteiger partial charge in [-0.3, -0.25) is 0 Å². The third kappa shape index (κ3) is 3.50. The zero-order chi connectivity index (χ0) is 12.1. The minimum absolute atomic E-state index is 0.434. The first kappa shape index (κ1) is 12.0.